The molecule has 0 unspecified atom stereocenters. The van der Waals surface area contributed by atoms with Gasteiger partial charge in [0.2, 0.25) is 5.95 Å². The summed E-state index contributed by atoms with van der Waals surface area (Å²) in [6.07, 6.45) is 0.551. The molecule has 0 spiro atoms. The highest BCUT2D eigenvalue weighted by molar-refractivity contribution is 5.53. The molecular formula is C17H18FN5O. The van der Waals surface area contributed by atoms with Crippen molar-refractivity contribution in [1.29, 1.82) is 0 Å². The van der Waals surface area contributed by atoms with Crippen LogP contribution in [0.3, 0.4) is 0 Å². The van der Waals surface area contributed by atoms with Crippen LogP contribution in [-0.4, -0.2) is 21.7 Å². The molecule has 1 aromatic carbocycles. The Kier molecular flexibility index (Phi) is 4.69. The van der Waals surface area contributed by atoms with E-state index in [0.717, 1.165) is 5.69 Å². The highest BCUT2D eigenvalue weighted by Gasteiger charge is 2.06. The largest absolute Gasteiger partial charge is 0.360 e. The molecule has 0 fully saturated rings. The van der Waals surface area contributed by atoms with Crippen molar-refractivity contribution in [3.8, 4) is 0 Å². The van der Waals surface area contributed by atoms with Crippen LogP contribution in [0.25, 0.3) is 0 Å². The van der Waals surface area contributed by atoms with Crippen molar-refractivity contribution in [3.63, 3.8) is 0 Å². The molecule has 0 aliphatic heterocycles. The lowest BCUT2D eigenvalue weighted by Gasteiger charge is -2.09. The van der Waals surface area contributed by atoms with Gasteiger partial charge in [-0.3, -0.25) is 0 Å². The van der Waals surface area contributed by atoms with Gasteiger partial charge in [-0.15, -0.1) is 0 Å². The van der Waals surface area contributed by atoms with Crippen molar-refractivity contribution in [3.05, 3.63) is 59.2 Å². The Bertz CT molecular complexity index is 833. The molecule has 0 radical (unpaired) electrons. The van der Waals surface area contributed by atoms with E-state index in [9.17, 15) is 4.39 Å². The molecule has 3 rings (SSSR count). The molecular weight excluding hydrogens is 309 g/mol. The van der Waals surface area contributed by atoms with Crippen LogP contribution in [0.5, 0.6) is 0 Å². The van der Waals surface area contributed by atoms with E-state index in [1.165, 1.54) is 6.07 Å². The topological polar surface area (TPSA) is 75.9 Å². The number of nitrogens with one attached hydrogen (secondary N) is 2. The Hall–Kier alpha value is -2.96. The fourth-order valence-electron chi connectivity index (χ4n) is 2.28. The van der Waals surface area contributed by atoms with Gasteiger partial charge >= 0.3 is 0 Å². The van der Waals surface area contributed by atoms with Crippen LogP contribution in [0, 0.1) is 19.7 Å². The molecule has 24 heavy (non-hydrogen) atoms. The smallest absolute Gasteiger partial charge is 0.224 e. The van der Waals surface area contributed by atoms with Gasteiger partial charge in [0.25, 0.3) is 0 Å². The second-order valence-electron chi connectivity index (χ2n) is 5.43. The monoisotopic (exact) mass is 327 g/mol. The van der Waals surface area contributed by atoms with Crippen molar-refractivity contribution in [1.82, 2.24) is 15.1 Å². The lowest BCUT2D eigenvalue weighted by atomic mass is 10.1. The zero-order valence-electron chi connectivity index (χ0n) is 13.5. The van der Waals surface area contributed by atoms with Gasteiger partial charge in [-0.05, 0) is 31.9 Å². The van der Waals surface area contributed by atoms with Crippen LogP contribution in [0.2, 0.25) is 0 Å². The first kappa shape index (κ1) is 15.9. The highest BCUT2D eigenvalue weighted by atomic mass is 19.1. The third kappa shape index (κ3) is 4.07. The van der Waals surface area contributed by atoms with E-state index in [0.29, 0.717) is 41.9 Å². The minimum absolute atomic E-state index is 0.201. The Labute approximate surface area is 139 Å². The molecule has 2 heterocycles. The maximum atomic E-state index is 13.6. The first-order valence-corrected chi connectivity index (χ1v) is 7.63. The van der Waals surface area contributed by atoms with E-state index < -0.39 is 0 Å². The Morgan fingerprint density at radius 3 is 2.67 bits per heavy atom. The van der Waals surface area contributed by atoms with Crippen molar-refractivity contribution in [2.45, 2.75) is 20.3 Å². The lowest BCUT2D eigenvalue weighted by molar-refractivity contribution is 0.400. The number of benzene rings is 1. The van der Waals surface area contributed by atoms with Gasteiger partial charge in [-0.25, -0.2) is 9.37 Å². The molecule has 0 aliphatic carbocycles. The third-order valence-corrected chi connectivity index (χ3v) is 3.37. The van der Waals surface area contributed by atoms with Crippen LogP contribution in [0.1, 0.15) is 17.0 Å². The number of rotatable bonds is 6. The molecule has 2 aromatic heterocycles. The van der Waals surface area contributed by atoms with Crippen molar-refractivity contribution < 1.29 is 8.91 Å². The molecule has 0 saturated heterocycles. The van der Waals surface area contributed by atoms with Gasteiger partial charge in [0.15, 0.2) is 5.82 Å². The maximum absolute atomic E-state index is 13.6. The van der Waals surface area contributed by atoms with Crippen LogP contribution < -0.4 is 10.6 Å². The van der Waals surface area contributed by atoms with Crippen molar-refractivity contribution >= 4 is 17.6 Å². The second-order valence-corrected chi connectivity index (χ2v) is 5.43. The van der Waals surface area contributed by atoms with Crippen LogP contribution in [0.15, 0.2) is 40.9 Å². The fourth-order valence-corrected chi connectivity index (χ4v) is 2.28. The number of hydrogen-bond acceptors (Lipinski definition) is 6. The van der Waals surface area contributed by atoms with E-state index >= 15 is 0 Å². The Morgan fingerprint density at radius 1 is 1.08 bits per heavy atom. The summed E-state index contributed by atoms with van der Waals surface area (Å²) in [6, 6.07) is 10.3. The molecule has 6 nitrogen and oxygen atoms in total. The van der Waals surface area contributed by atoms with Crippen LogP contribution in [0.4, 0.5) is 22.0 Å². The normalized spacial score (nSPS) is 10.6. The Morgan fingerprint density at radius 2 is 1.92 bits per heavy atom. The van der Waals surface area contributed by atoms with Crippen LogP contribution in [-0.2, 0) is 6.42 Å². The van der Waals surface area contributed by atoms with Gasteiger partial charge < -0.3 is 15.2 Å². The minimum Gasteiger partial charge on any atom is -0.360 e. The quantitative estimate of drug-likeness (QED) is 0.720. The van der Waals surface area contributed by atoms with E-state index in [-0.39, 0.29) is 5.82 Å². The van der Waals surface area contributed by atoms with Gasteiger partial charge in [0, 0.05) is 24.4 Å². The SMILES string of the molecule is Cc1cc(Nc2cc(C)on2)nc(NCCc2ccccc2F)n1. The van der Waals surface area contributed by atoms with Crippen LogP contribution >= 0.6 is 0 Å². The number of anilines is 3. The summed E-state index contributed by atoms with van der Waals surface area (Å²) < 4.78 is 18.6. The zero-order valence-corrected chi connectivity index (χ0v) is 13.5. The Balaban J connectivity index is 1.64. The number of hydrogen-bond donors (Lipinski definition) is 2. The molecule has 7 heteroatoms. The first-order valence-electron chi connectivity index (χ1n) is 7.63. The number of aryl methyl sites for hydroxylation is 2. The standard InChI is InChI=1S/C17H18FN5O/c1-11-9-15(21-16-10-12(2)24-23-16)22-17(20-11)19-8-7-13-5-3-4-6-14(13)18/h3-6,9-10H,7-8H2,1-2H3,(H2,19,20,21,22,23). The van der Waals surface area contributed by atoms with Gasteiger partial charge in [-0.1, -0.05) is 23.4 Å². The average molecular weight is 327 g/mol. The fraction of sp³-hybridized carbons (Fsp3) is 0.235. The lowest BCUT2D eigenvalue weighted by Crippen LogP contribution is -2.10. The first-order chi connectivity index (χ1) is 11.6. The van der Waals surface area contributed by atoms with E-state index in [2.05, 4.69) is 25.8 Å². The van der Waals surface area contributed by atoms with Gasteiger partial charge in [0.1, 0.15) is 17.4 Å². The van der Waals surface area contributed by atoms with Gasteiger partial charge in [-0.2, -0.15) is 4.98 Å². The molecule has 124 valence electrons. The molecule has 0 amide bonds. The maximum Gasteiger partial charge on any atom is 0.224 e. The van der Waals surface area contributed by atoms with Crippen molar-refractivity contribution in [2.24, 2.45) is 0 Å². The van der Waals surface area contributed by atoms with E-state index in [4.69, 9.17) is 4.52 Å². The minimum atomic E-state index is -0.201. The number of nitrogens with zero attached hydrogens (tertiary/aromatic N) is 3. The summed E-state index contributed by atoms with van der Waals surface area (Å²) in [4.78, 5) is 8.72. The molecule has 2 N–H and O–H groups in total. The molecule has 0 aliphatic rings. The summed E-state index contributed by atoms with van der Waals surface area (Å²) >= 11 is 0. The summed E-state index contributed by atoms with van der Waals surface area (Å²) in [6.45, 7) is 4.23. The molecule has 0 bridgehead atoms. The number of aromatic nitrogens is 3. The summed E-state index contributed by atoms with van der Waals surface area (Å²) in [5.74, 6) is 2.20. The summed E-state index contributed by atoms with van der Waals surface area (Å²) in [5, 5.41) is 10.1. The average Bonchev–Trinajstić information content (AvgIpc) is 2.94. The number of halogens is 1. The zero-order chi connectivity index (χ0) is 16.9. The summed E-state index contributed by atoms with van der Waals surface area (Å²) in [5.41, 5.74) is 1.47. The summed E-state index contributed by atoms with van der Waals surface area (Å²) in [7, 11) is 0. The van der Waals surface area contributed by atoms with E-state index in [1.807, 2.05) is 26.0 Å². The van der Waals surface area contributed by atoms with Gasteiger partial charge in [0.05, 0.1) is 0 Å². The highest BCUT2D eigenvalue weighted by Crippen LogP contribution is 2.16. The van der Waals surface area contributed by atoms with E-state index in [1.54, 1.807) is 18.2 Å². The second kappa shape index (κ2) is 7.08. The third-order valence-electron chi connectivity index (χ3n) is 3.37. The molecule has 3 aromatic rings. The molecule has 0 saturated carbocycles. The predicted octanol–water partition coefficient (Wildman–Crippen LogP) is 3.62. The predicted molar refractivity (Wildman–Crippen MR) is 89.9 cm³/mol. The molecule has 0 atom stereocenters. The van der Waals surface area contributed by atoms with Crippen molar-refractivity contribution in [2.75, 3.05) is 17.2 Å².